The van der Waals surface area contributed by atoms with Gasteiger partial charge in [0.05, 0.1) is 5.92 Å². The number of hydrogen-bond acceptors (Lipinski definition) is 3. The predicted octanol–water partition coefficient (Wildman–Crippen LogP) is 1.88. The molecule has 0 heterocycles. The molecule has 1 rings (SSSR count). The lowest BCUT2D eigenvalue weighted by Crippen LogP contribution is -2.25. The quantitative estimate of drug-likeness (QED) is 0.705. The fraction of sp³-hybridized carbons (Fsp3) is 0.909. The molecule has 0 aromatic heterocycles. The van der Waals surface area contributed by atoms with E-state index in [1.807, 2.05) is 0 Å². The number of aliphatic hydroxyl groups excluding tert-OH is 1. The summed E-state index contributed by atoms with van der Waals surface area (Å²) in [5, 5.41) is 8.68. The van der Waals surface area contributed by atoms with E-state index in [0.29, 0.717) is 6.42 Å². The summed E-state index contributed by atoms with van der Waals surface area (Å²) >= 11 is 0. The Morgan fingerprint density at radius 2 is 2.07 bits per heavy atom. The number of aliphatic hydroxyl groups is 1. The topological polar surface area (TPSA) is 46.5 Å². The molecule has 0 aromatic carbocycles. The number of rotatable bonds is 4. The fourth-order valence-electron chi connectivity index (χ4n) is 1.77. The smallest absolute Gasteiger partial charge is 0.309 e. The predicted molar refractivity (Wildman–Crippen MR) is 53.8 cm³/mol. The summed E-state index contributed by atoms with van der Waals surface area (Å²) in [4.78, 5) is 11.5. The van der Waals surface area contributed by atoms with Crippen molar-refractivity contribution in [3.8, 4) is 0 Å². The minimum atomic E-state index is -0.165. The van der Waals surface area contributed by atoms with E-state index >= 15 is 0 Å². The second-order valence-corrected chi connectivity index (χ2v) is 4.11. The van der Waals surface area contributed by atoms with Crippen LogP contribution in [0, 0.1) is 5.92 Å². The fourth-order valence-corrected chi connectivity index (χ4v) is 1.77. The molecule has 3 nitrogen and oxygen atoms in total. The normalized spacial score (nSPS) is 20.4. The van der Waals surface area contributed by atoms with Crippen LogP contribution in [0.4, 0.5) is 0 Å². The van der Waals surface area contributed by atoms with Gasteiger partial charge in [-0.3, -0.25) is 4.79 Å². The van der Waals surface area contributed by atoms with Crippen molar-refractivity contribution in [1.82, 2.24) is 0 Å². The molecule has 0 bridgehead atoms. The molecule has 0 aromatic rings. The maximum Gasteiger partial charge on any atom is 0.309 e. The van der Waals surface area contributed by atoms with Crippen LogP contribution in [-0.2, 0) is 9.53 Å². The Hall–Kier alpha value is -0.570. The molecule has 0 radical (unpaired) electrons. The summed E-state index contributed by atoms with van der Waals surface area (Å²) in [6.07, 6.45) is 6.27. The SMILES string of the molecule is CC(CCO)C(=O)OC1CCCCC1. The molecule has 1 atom stereocenters. The molecule has 1 aliphatic carbocycles. The first-order valence-electron chi connectivity index (χ1n) is 5.55. The molecule has 1 fully saturated rings. The Bertz CT molecular complexity index is 173. The first-order valence-corrected chi connectivity index (χ1v) is 5.55. The van der Waals surface area contributed by atoms with E-state index in [0.717, 1.165) is 12.8 Å². The van der Waals surface area contributed by atoms with Crippen molar-refractivity contribution in [2.75, 3.05) is 6.61 Å². The lowest BCUT2D eigenvalue weighted by atomic mass is 9.97. The van der Waals surface area contributed by atoms with Gasteiger partial charge >= 0.3 is 5.97 Å². The standard InChI is InChI=1S/C11H20O3/c1-9(7-8-12)11(13)14-10-5-3-2-4-6-10/h9-10,12H,2-8H2,1H3. The van der Waals surface area contributed by atoms with Gasteiger partial charge in [0.1, 0.15) is 6.10 Å². The van der Waals surface area contributed by atoms with E-state index in [1.165, 1.54) is 19.3 Å². The average Bonchev–Trinajstić information content (AvgIpc) is 2.19. The minimum Gasteiger partial charge on any atom is -0.462 e. The van der Waals surface area contributed by atoms with Crippen LogP contribution in [0.25, 0.3) is 0 Å². The van der Waals surface area contributed by atoms with E-state index in [4.69, 9.17) is 9.84 Å². The highest BCUT2D eigenvalue weighted by Crippen LogP contribution is 2.21. The zero-order chi connectivity index (χ0) is 10.4. The third-order valence-corrected chi connectivity index (χ3v) is 2.80. The number of hydrogen-bond donors (Lipinski definition) is 1. The third kappa shape index (κ3) is 3.66. The highest BCUT2D eigenvalue weighted by molar-refractivity contribution is 5.72. The van der Waals surface area contributed by atoms with E-state index in [-0.39, 0.29) is 24.6 Å². The second kappa shape index (κ2) is 6.02. The van der Waals surface area contributed by atoms with Crippen molar-refractivity contribution in [1.29, 1.82) is 0 Å². The largest absolute Gasteiger partial charge is 0.462 e. The molecule has 1 saturated carbocycles. The number of ether oxygens (including phenoxy) is 1. The lowest BCUT2D eigenvalue weighted by molar-refractivity contribution is -0.155. The Balaban J connectivity index is 2.24. The molecule has 1 aliphatic rings. The average molecular weight is 200 g/mol. The number of carbonyl (C=O) groups is 1. The minimum absolute atomic E-state index is 0.0565. The summed E-state index contributed by atoms with van der Waals surface area (Å²) in [5.41, 5.74) is 0. The van der Waals surface area contributed by atoms with Gasteiger partial charge < -0.3 is 9.84 Å². The first-order chi connectivity index (χ1) is 6.74. The lowest BCUT2D eigenvalue weighted by Gasteiger charge is -2.23. The van der Waals surface area contributed by atoms with Crippen molar-refractivity contribution in [3.05, 3.63) is 0 Å². The van der Waals surface area contributed by atoms with Crippen molar-refractivity contribution in [2.45, 2.75) is 51.6 Å². The van der Waals surface area contributed by atoms with Gasteiger partial charge in [-0.05, 0) is 32.1 Å². The zero-order valence-corrected chi connectivity index (χ0v) is 8.87. The molecule has 0 aliphatic heterocycles. The molecular weight excluding hydrogens is 180 g/mol. The van der Waals surface area contributed by atoms with Crippen molar-refractivity contribution < 1.29 is 14.6 Å². The highest BCUT2D eigenvalue weighted by Gasteiger charge is 2.21. The van der Waals surface area contributed by atoms with Gasteiger partial charge in [0, 0.05) is 6.61 Å². The highest BCUT2D eigenvalue weighted by atomic mass is 16.5. The molecule has 82 valence electrons. The summed E-state index contributed by atoms with van der Waals surface area (Å²) in [6.45, 7) is 1.86. The van der Waals surface area contributed by atoms with E-state index < -0.39 is 0 Å². The van der Waals surface area contributed by atoms with Gasteiger partial charge in [0.2, 0.25) is 0 Å². The third-order valence-electron chi connectivity index (χ3n) is 2.80. The maximum atomic E-state index is 11.5. The monoisotopic (exact) mass is 200 g/mol. The van der Waals surface area contributed by atoms with Gasteiger partial charge in [-0.1, -0.05) is 13.3 Å². The number of carbonyl (C=O) groups excluding carboxylic acids is 1. The summed E-state index contributed by atoms with van der Waals surface area (Å²) < 4.78 is 5.36. The van der Waals surface area contributed by atoms with Crippen LogP contribution in [0.15, 0.2) is 0 Å². The molecule has 3 heteroatoms. The van der Waals surface area contributed by atoms with Gasteiger partial charge in [0.15, 0.2) is 0 Å². The second-order valence-electron chi connectivity index (χ2n) is 4.11. The molecular formula is C11H20O3. The van der Waals surface area contributed by atoms with Crippen LogP contribution in [0.1, 0.15) is 45.4 Å². The van der Waals surface area contributed by atoms with Gasteiger partial charge in [-0.25, -0.2) is 0 Å². The Morgan fingerprint density at radius 3 is 2.64 bits per heavy atom. The van der Waals surface area contributed by atoms with Crippen LogP contribution in [-0.4, -0.2) is 23.8 Å². The van der Waals surface area contributed by atoms with Crippen molar-refractivity contribution in [3.63, 3.8) is 0 Å². The Kier molecular flexibility index (Phi) is 4.94. The molecule has 1 unspecified atom stereocenters. The zero-order valence-electron chi connectivity index (χ0n) is 8.87. The first kappa shape index (κ1) is 11.5. The number of esters is 1. The molecule has 1 N–H and O–H groups in total. The van der Waals surface area contributed by atoms with Gasteiger partial charge in [-0.15, -0.1) is 0 Å². The summed E-state index contributed by atoms with van der Waals surface area (Å²) in [6, 6.07) is 0. The van der Waals surface area contributed by atoms with Crippen LogP contribution >= 0.6 is 0 Å². The van der Waals surface area contributed by atoms with E-state index in [1.54, 1.807) is 6.92 Å². The van der Waals surface area contributed by atoms with Crippen molar-refractivity contribution >= 4 is 5.97 Å². The molecule has 0 saturated heterocycles. The molecule has 0 spiro atoms. The van der Waals surface area contributed by atoms with Crippen LogP contribution in [0.2, 0.25) is 0 Å². The van der Waals surface area contributed by atoms with E-state index in [9.17, 15) is 4.79 Å². The van der Waals surface area contributed by atoms with Gasteiger partial charge in [-0.2, -0.15) is 0 Å². The molecule has 0 amide bonds. The molecule has 14 heavy (non-hydrogen) atoms. The van der Waals surface area contributed by atoms with Crippen LogP contribution < -0.4 is 0 Å². The Labute approximate surface area is 85.5 Å². The summed E-state index contributed by atoms with van der Waals surface area (Å²) in [5.74, 6) is -0.312. The maximum absolute atomic E-state index is 11.5. The Morgan fingerprint density at radius 1 is 1.43 bits per heavy atom. The van der Waals surface area contributed by atoms with Crippen LogP contribution in [0.5, 0.6) is 0 Å². The van der Waals surface area contributed by atoms with Gasteiger partial charge in [0.25, 0.3) is 0 Å². The van der Waals surface area contributed by atoms with Crippen molar-refractivity contribution in [2.24, 2.45) is 5.92 Å². The summed E-state index contributed by atoms with van der Waals surface area (Å²) in [7, 11) is 0. The van der Waals surface area contributed by atoms with Crippen LogP contribution in [0.3, 0.4) is 0 Å². The van der Waals surface area contributed by atoms with E-state index in [2.05, 4.69) is 0 Å².